The van der Waals surface area contributed by atoms with Gasteiger partial charge in [-0.15, -0.1) is 11.8 Å². The van der Waals surface area contributed by atoms with Crippen LogP contribution in [-0.2, 0) is 5.41 Å². The Bertz CT molecular complexity index is 371. The predicted molar refractivity (Wildman–Crippen MR) is 76.9 cm³/mol. The summed E-state index contributed by atoms with van der Waals surface area (Å²) in [5.74, 6) is 0. The molecule has 0 unspecified atom stereocenters. The molecule has 1 fully saturated rings. The van der Waals surface area contributed by atoms with E-state index < -0.39 is 0 Å². The number of hydrogen-bond acceptors (Lipinski definition) is 2. The van der Waals surface area contributed by atoms with Crippen LogP contribution in [0.4, 0.5) is 0 Å². The quantitative estimate of drug-likeness (QED) is 0.870. The second-order valence-corrected chi connectivity index (χ2v) is 7.63. The van der Waals surface area contributed by atoms with Gasteiger partial charge in [-0.1, -0.05) is 32.9 Å². The highest BCUT2D eigenvalue weighted by molar-refractivity contribution is 8.01. The highest BCUT2D eigenvalue weighted by Gasteiger charge is 2.42. The van der Waals surface area contributed by atoms with Gasteiger partial charge in [-0.05, 0) is 43.0 Å². The van der Waals surface area contributed by atoms with E-state index >= 15 is 0 Å². The van der Waals surface area contributed by atoms with Crippen molar-refractivity contribution in [3.05, 3.63) is 29.8 Å². The summed E-state index contributed by atoms with van der Waals surface area (Å²) in [5, 5.41) is 3.31. The lowest BCUT2D eigenvalue weighted by Crippen LogP contribution is -2.22. The van der Waals surface area contributed by atoms with Gasteiger partial charge in [-0.3, -0.25) is 0 Å². The van der Waals surface area contributed by atoms with Crippen molar-refractivity contribution in [2.75, 3.05) is 13.6 Å². The van der Waals surface area contributed by atoms with Crippen molar-refractivity contribution in [3.63, 3.8) is 0 Å². The number of rotatable bonds is 4. The smallest absolute Gasteiger partial charge is 0.0332 e. The van der Waals surface area contributed by atoms with Crippen LogP contribution in [0.25, 0.3) is 0 Å². The molecule has 0 radical (unpaired) electrons. The molecule has 0 saturated heterocycles. The van der Waals surface area contributed by atoms with Crippen molar-refractivity contribution in [2.24, 2.45) is 0 Å². The van der Waals surface area contributed by atoms with Crippen molar-refractivity contribution in [1.82, 2.24) is 5.32 Å². The molecule has 1 nitrogen and oxygen atoms in total. The van der Waals surface area contributed by atoms with E-state index in [1.807, 2.05) is 18.8 Å². The summed E-state index contributed by atoms with van der Waals surface area (Å²) < 4.78 is 0.484. The minimum atomic E-state index is 0.255. The number of thioether (sulfide) groups is 1. The van der Waals surface area contributed by atoms with Gasteiger partial charge in [0, 0.05) is 16.2 Å². The van der Waals surface area contributed by atoms with E-state index in [9.17, 15) is 0 Å². The van der Waals surface area contributed by atoms with Gasteiger partial charge in [0.25, 0.3) is 0 Å². The van der Waals surface area contributed by atoms with Gasteiger partial charge >= 0.3 is 0 Å². The highest BCUT2D eigenvalue weighted by Crippen LogP contribution is 2.51. The Labute approximate surface area is 109 Å². The predicted octanol–water partition coefficient (Wildman–Crippen LogP) is 3.83. The summed E-state index contributed by atoms with van der Waals surface area (Å²) in [7, 11) is 2.04. The van der Waals surface area contributed by atoms with Crippen LogP contribution < -0.4 is 5.32 Å². The van der Waals surface area contributed by atoms with E-state index in [2.05, 4.69) is 50.4 Å². The molecule has 0 heterocycles. The van der Waals surface area contributed by atoms with Crippen LogP contribution in [0, 0.1) is 0 Å². The molecule has 17 heavy (non-hydrogen) atoms. The summed E-state index contributed by atoms with van der Waals surface area (Å²) in [4.78, 5) is 1.41. The van der Waals surface area contributed by atoms with Crippen LogP contribution in [0.15, 0.2) is 29.2 Å². The molecule has 1 aromatic rings. The SMILES string of the molecule is CNCC1(Sc2ccc(C(C)(C)C)cc2)CC1. The Hall–Kier alpha value is -0.470. The van der Waals surface area contributed by atoms with Gasteiger partial charge in [0.15, 0.2) is 0 Å². The Morgan fingerprint density at radius 3 is 2.18 bits per heavy atom. The summed E-state index contributed by atoms with van der Waals surface area (Å²) in [6, 6.07) is 9.11. The maximum Gasteiger partial charge on any atom is 0.0332 e. The molecule has 0 atom stereocenters. The number of hydrogen-bond donors (Lipinski definition) is 1. The fraction of sp³-hybridized carbons (Fsp3) is 0.600. The van der Waals surface area contributed by atoms with E-state index in [-0.39, 0.29) is 5.41 Å². The van der Waals surface area contributed by atoms with Crippen LogP contribution in [0.1, 0.15) is 39.2 Å². The fourth-order valence-corrected chi connectivity index (χ4v) is 3.34. The lowest BCUT2D eigenvalue weighted by molar-refractivity contribution is 0.589. The molecule has 2 rings (SSSR count). The normalized spacial score (nSPS) is 18.1. The maximum absolute atomic E-state index is 3.31. The van der Waals surface area contributed by atoms with Crippen molar-refractivity contribution >= 4 is 11.8 Å². The largest absolute Gasteiger partial charge is 0.318 e. The minimum Gasteiger partial charge on any atom is -0.318 e. The monoisotopic (exact) mass is 249 g/mol. The van der Waals surface area contributed by atoms with Gasteiger partial charge in [0.05, 0.1) is 0 Å². The van der Waals surface area contributed by atoms with Crippen molar-refractivity contribution in [1.29, 1.82) is 0 Å². The van der Waals surface area contributed by atoms with Gasteiger partial charge in [0.2, 0.25) is 0 Å². The zero-order valence-corrected chi connectivity index (χ0v) is 12.2. The van der Waals surface area contributed by atoms with Gasteiger partial charge < -0.3 is 5.32 Å². The van der Waals surface area contributed by atoms with E-state index in [0.717, 1.165) is 6.54 Å². The molecule has 1 saturated carbocycles. The first kappa shape index (κ1) is 13.0. The van der Waals surface area contributed by atoms with Gasteiger partial charge in [-0.2, -0.15) is 0 Å². The molecule has 1 aliphatic carbocycles. The molecule has 1 aromatic carbocycles. The van der Waals surface area contributed by atoms with Crippen molar-refractivity contribution in [2.45, 2.75) is 48.7 Å². The van der Waals surface area contributed by atoms with Crippen LogP contribution in [0.5, 0.6) is 0 Å². The first-order valence-electron chi connectivity index (χ1n) is 6.39. The first-order valence-corrected chi connectivity index (χ1v) is 7.21. The molecular formula is C15H23NS. The molecular weight excluding hydrogens is 226 g/mol. The molecule has 0 aromatic heterocycles. The third kappa shape index (κ3) is 3.26. The van der Waals surface area contributed by atoms with E-state index in [1.54, 1.807) is 0 Å². The minimum absolute atomic E-state index is 0.255. The lowest BCUT2D eigenvalue weighted by Gasteiger charge is -2.20. The summed E-state index contributed by atoms with van der Waals surface area (Å²) >= 11 is 2.04. The van der Waals surface area contributed by atoms with Crippen LogP contribution in [-0.4, -0.2) is 18.3 Å². The molecule has 0 amide bonds. The summed E-state index contributed by atoms with van der Waals surface area (Å²) in [5.41, 5.74) is 1.67. The third-order valence-electron chi connectivity index (χ3n) is 3.36. The maximum atomic E-state index is 3.31. The fourth-order valence-electron chi connectivity index (χ4n) is 2.05. The van der Waals surface area contributed by atoms with E-state index in [4.69, 9.17) is 0 Å². The highest BCUT2D eigenvalue weighted by atomic mass is 32.2. The Balaban J connectivity index is 2.04. The topological polar surface area (TPSA) is 12.0 Å². The zero-order valence-electron chi connectivity index (χ0n) is 11.3. The van der Waals surface area contributed by atoms with Crippen molar-refractivity contribution < 1.29 is 0 Å². The standard InChI is InChI=1S/C15H23NS/c1-14(2,3)12-5-7-13(8-6-12)17-15(9-10-15)11-16-4/h5-8,16H,9-11H2,1-4H3. The summed E-state index contributed by atoms with van der Waals surface area (Å²) in [6.07, 6.45) is 2.69. The molecule has 0 bridgehead atoms. The molecule has 0 spiro atoms. The molecule has 1 aliphatic rings. The molecule has 0 aliphatic heterocycles. The van der Waals surface area contributed by atoms with Crippen LogP contribution in [0.2, 0.25) is 0 Å². The van der Waals surface area contributed by atoms with Crippen LogP contribution >= 0.6 is 11.8 Å². The third-order valence-corrected chi connectivity index (χ3v) is 4.85. The number of nitrogens with one attached hydrogen (secondary N) is 1. The molecule has 94 valence electrons. The van der Waals surface area contributed by atoms with E-state index in [0.29, 0.717) is 4.75 Å². The first-order chi connectivity index (χ1) is 7.95. The Kier molecular flexibility index (Phi) is 3.55. The van der Waals surface area contributed by atoms with Gasteiger partial charge in [-0.25, -0.2) is 0 Å². The Morgan fingerprint density at radius 1 is 1.18 bits per heavy atom. The molecule has 2 heteroatoms. The average molecular weight is 249 g/mol. The molecule has 1 N–H and O–H groups in total. The van der Waals surface area contributed by atoms with Gasteiger partial charge in [0.1, 0.15) is 0 Å². The number of benzene rings is 1. The van der Waals surface area contributed by atoms with Crippen molar-refractivity contribution in [3.8, 4) is 0 Å². The van der Waals surface area contributed by atoms with Crippen LogP contribution in [0.3, 0.4) is 0 Å². The Morgan fingerprint density at radius 2 is 1.76 bits per heavy atom. The van der Waals surface area contributed by atoms with E-state index in [1.165, 1.54) is 23.3 Å². The summed E-state index contributed by atoms with van der Waals surface area (Å²) in [6.45, 7) is 7.91. The average Bonchev–Trinajstić information content (AvgIpc) is 2.98. The lowest BCUT2D eigenvalue weighted by atomic mass is 9.87. The second kappa shape index (κ2) is 4.66. The zero-order chi connectivity index (χ0) is 12.5. The second-order valence-electron chi connectivity index (χ2n) is 6.09.